The largest absolute Gasteiger partial charge is 0.618 e. The minimum Gasteiger partial charge on any atom is -0.618 e. The van der Waals surface area contributed by atoms with Crippen molar-refractivity contribution < 1.29 is 19.4 Å². The number of rotatable bonds is 2. The Morgan fingerprint density at radius 2 is 1.54 bits per heavy atom. The predicted molar refractivity (Wildman–Crippen MR) is 100 cm³/mol. The molecule has 0 radical (unpaired) electrons. The van der Waals surface area contributed by atoms with Crippen LogP contribution in [0.15, 0.2) is 60.8 Å². The molecule has 0 bridgehead atoms. The second-order valence-corrected chi connectivity index (χ2v) is 5.88. The number of nitro groups is 2. The molecule has 1 aromatic heterocycles. The van der Waals surface area contributed by atoms with Gasteiger partial charge in [-0.25, -0.2) is 0 Å². The van der Waals surface area contributed by atoms with Crippen molar-refractivity contribution in [2.75, 3.05) is 0 Å². The van der Waals surface area contributed by atoms with Crippen LogP contribution < -0.4 is 4.73 Å². The molecule has 1 aliphatic rings. The van der Waals surface area contributed by atoms with Crippen LogP contribution >= 0.6 is 0 Å². The Bertz CT molecular complexity index is 1140. The van der Waals surface area contributed by atoms with E-state index in [1.807, 2.05) is 0 Å². The third-order valence-corrected chi connectivity index (χ3v) is 4.15. The van der Waals surface area contributed by atoms with E-state index >= 15 is 0 Å². The summed E-state index contributed by atoms with van der Waals surface area (Å²) in [6, 6.07) is 12.3. The van der Waals surface area contributed by atoms with E-state index in [-0.39, 0.29) is 23.6 Å². The Hall–Kier alpha value is -4.14. The van der Waals surface area contributed by atoms with Crippen LogP contribution in [0, 0.1) is 25.4 Å². The van der Waals surface area contributed by atoms with Crippen LogP contribution in [0.2, 0.25) is 0 Å². The Morgan fingerprint density at radius 3 is 2.25 bits per heavy atom. The quantitative estimate of drug-likeness (QED) is 0.291. The van der Waals surface area contributed by atoms with Gasteiger partial charge in [-0.1, -0.05) is 12.1 Å². The van der Waals surface area contributed by atoms with Gasteiger partial charge in [0.25, 0.3) is 11.4 Å². The zero-order chi connectivity index (χ0) is 20.3. The SMILES string of the molecule is O=C1C=Cc2c(cccc2[N+](=O)[O-])C1.O=[N+]([O-])c1cccc2c1ccc[n+]2[O-]. The lowest BCUT2D eigenvalue weighted by Crippen LogP contribution is -2.25. The lowest BCUT2D eigenvalue weighted by Gasteiger charge is -2.08. The number of pyridine rings is 1. The molecule has 2 aromatic carbocycles. The highest BCUT2D eigenvalue weighted by molar-refractivity contribution is 5.99. The monoisotopic (exact) mass is 379 g/mol. The summed E-state index contributed by atoms with van der Waals surface area (Å²) < 4.78 is 0.613. The van der Waals surface area contributed by atoms with Gasteiger partial charge < -0.3 is 5.21 Å². The zero-order valence-electron chi connectivity index (χ0n) is 14.3. The van der Waals surface area contributed by atoms with Gasteiger partial charge in [0, 0.05) is 30.7 Å². The summed E-state index contributed by atoms with van der Waals surface area (Å²) in [6.45, 7) is 0. The first-order chi connectivity index (χ1) is 13.4. The van der Waals surface area contributed by atoms with Gasteiger partial charge in [-0.15, -0.1) is 0 Å². The molecule has 140 valence electrons. The van der Waals surface area contributed by atoms with Crippen LogP contribution in [0.4, 0.5) is 11.4 Å². The lowest BCUT2D eigenvalue weighted by atomic mass is 9.95. The fourth-order valence-corrected chi connectivity index (χ4v) is 2.89. The topological polar surface area (TPSA) is 130 Å². The molecule has 1 heterocycles. The summed E-state index contributed by atoms with van der Waals surface area (Å²) in [4.78, 5) is 31.4. The molecule has 0 fully saturated rings. The maximum atomic E-state index is 11.2. The van der Waals surface area contributed by atoms with Crippen LogP contribution in [-0.4, -0.2) is 15.6 Å². The highest BCUT2D eigenvalue weighted by Gasteiger charge is 2.19. The maximum absolute atomic E-state index is 11.2. The molecule has 3 aromatic rings. The van der Waals surface area contributed by atoms with Crippen molar-refractivity contribution in [1.82, 2.24) is 0 Å². The second kappa shape index (κ2) is 7.62. The number of hydrogen-bond donors (Lipinski definition) is 0. The van der Waals surface area contributed by atoms with Gasteiger partial charge in [-0.3, -0.25) is 25.0 Å². The van der Waals surface area contributed by atoms with Gasteiger partial charge in [-0.2, -0.15) is 4.73 Å². The van der Waals surface area contributed by atoms with E-state index in [4.69, 9.17) is 0 Å². The molecule has 0 amide bonds. The Labute approximate surface area is 158 Å². The van der Waals surface area contributed by atoms with Gasteiger partial charge in [0.1, 0.15) is 5.39 Å². The van der Waals surface area contributed by atoms with Crippen molar-refractivity contribution in [3.05, 3.63) is 97.4 Å². The first-order valence-electron chi connectivity index (χ1n) is 8.11. The number of aromatic nitrogens is 1. The average Bonchev–Trinajstić information content (AvgIpc) is 2.67. The molecule has 0 aliphatic heterocycles. The number of nitro benzene ring substituents is 2. The molecule has 9 nitrogen and oxygen atoms in total. The predicted octanol–water partition coefficient (Wildman–Crippen LogP) is 3.11. The molecular weight excluding hydrogens is 366 g/mol. The number of hydrogen-bond acceptors (Lipinski definition) is 6. The van der Waals surface area contributed by atoms with E-state index in [2.05, 4.69) is 0 Å². The Morgan fingerprint density at radius 1 is 0.857 bits per heavy atom. The fraction of sp³-hybridized carbons (Fsp3) is 0.0526. The molecule has 0 atom stereocenters. The number of nitrogens with zero attached hydrogens (tertiary/aromatic N) is 3. The van der Waals surface area contributed by atoms with Crippen LogP contribution in [0.3, 0.4) is 0 Å². The first kappa shape index (κ1) is 18.6. The van der Waals surface area contributed by atoms with E-state index in [0.29, 0.717) is 21.2 Å². The first-order valence-corrected chi connectivity index (χ1v) is 8.11. The van der Waals surface area contributed by atoms with Gasteiger partial charge in [0.2, 0.25) is 5.52 Å². The third kappa shape index (κ3) is 3.68. The van der Waals surface area contributed by atoms with Crippen molar-refractivity contribution in [2.24, 2.45) is 0 Å². The van der Waals surface area contributed by atoms with Gasteiger partial charge in [0.05, 0.1) is 15.4 Å². The minimum absolute atomic E-state index is 0.0157. The van der Waals surface area contributed by atoms with E-state index in [0.717, 1.165) is 5.56 Å². The van der Waals surface area contributed by atoms with Crippen LogP contribution in [0.1, 0.15) is 11.1 Å². The summed E-state index contributed by atoms with van der Waals surface area (Å²) in [5.41, 5.74) is 1.60. The smallest absolute Gasteiger partial charge is 0.283 e. The van der Waals surface area contributed by atoms with Crippen LogP contribution in [0.25, 0.3) is 17.0 Å². The van der Waals surface area contributed by atoms with Crippen molar-refractivity contribution in [3.8, 4) is 0 Å². The number of non-ortho nitro benzene ring substituents is 1. The summed E-state index contributed by atoms with van der Waals surface area (Å²) in [7, 11) is 0. The maximum Gasteiger partial charge on any atom is 0.283 e. The summed E-state index contributed by atoms with van der Waals surface area (Å²) in [5, 5.41) is 32.9. The van der Waals surface area contributed by atoms with E-state index in [9.17, 15) is 30.2 Å². The molecule has 9 heteroatoms. The van der Waals surface area contributed by atoms with Crippen molar-refractivity contribution in [2.45, 2.75) is 6.42 Å². The van der Waals surface area contributed by atoms with Crippen LogP contribution in [0.5, 0.6) is 0 Å². The number of ketones is 1. The number of fused-ring (bicyclic) bond motifs is 2. The number of allylic oxidation sites excluding steroid dienone is 1. The molecule has 4 rings (SSSR count). The molecule has 0 spiro atoms. The summed E-state index contributed by atoms with van der Waals surface area (Å²) in [6.07, 6.45) is 4.47. The highest BCUT2D eigenvalue weighted by Crippen LogP contribution is 2.27. The van der Waals surface area contributed by atoms with E-state index in [1.54, 1.807) is 24.3 Å². The minimum atomic E-state index is -0.498. The number of carbonyl (C=O) groups excluding carboxylic acids is 1. The van der Waals surface area contributed by atoms with Crippen molar-refractivity contribution >= 4 is 34.1 Å². The van der Waals surface area contributed by atoms with Gasteiger partial charge >= 0.3 is 0 Å². The van der Waals surface area contributed by atoms with E-state index < -0.39 is 9.85 Å². The molecule has 1 aliphatic carbocycles. The summed E-state index contributed by atoms with van der Waals surface area (Å²) in [5.74, 6) is -0.0157. The van der Waals surface area contributed by atoms with Crippen LogP contribution in [-0.2, 0) is 11.2 Å². The second-order valence-electron chi connectivity index (χ2n) is 5.88. The standard InChI is InChI=1S/C10H7NO3.C9H6N2O3/c12-8-4-5-9-7(6-8)2-1-3-10(9)11(13)14;12-10-6-2-3-7-8(10)4-1-5-9(7)11(13)14/h1-5H,6H2;1-6H. The third-order valence-electron chi connectivity index (χ3n) is 4.15. The highest BCUT2D eigenvalue weighted by atomic mass is 16.6. The van der Waals surface area contributed by atoms with Crippen molar-refractivity contribution in [3.63, 3.8) is 0 Å². The van der Waals surface area contributed by atoms with Crippen molar-refractivity contribution in [1.29, 1.82) is 0 Å². The summed E-state index contributed by atoms with van der Waals surface area (Å²) >= 11 is 0. The molecule has 28 heavy (non-hydrogen) atoms. The molecule has 0 saturated carbocycles. The normalized spacial score (nSPS) is 12.1. The molecule has 0 saturated heterocycles. The molecular formula is C19H13N3O6. The molecule has 0 N–H and O–H groups in total. The van der Waals surface area contributed by atoms with Gasteiger partial charge in [-0.05, 0) is 29.8 Å². The number of benzene rings is 2. The average molecular weight is 379 g/mol. The van der Waals surface area contributed by atoms with E-state index in [1.165, 1.54) is 42.6 Å². The lowest BCUT2D eigenvalue weighted by molar-refractivity contribution is -0.577. The number of carbonyl (C=O) groups is 1. The van der Waals surface area contributed by atoms with Gasteiger partial charge in [0.15, 0.2) is 12.0 Å². The Balaban J connectivity index is 0.000000161. The Kier molecular flexibility index (Phi) is 5.07. The zero-order valence-corrected chi connectivity index (χ0v) is 14.3. The molecule has 0 unspecified atom stereocenters. The fourth-order valence-electron chi connectivity index (χ4n) is 2.89.